The number of carbonyl (C=O) groups excluding carboxylic acids is 2. The van der Waals surface area contributed by atoms with E-state index >= 15 is 0 Å². The summed E-state index contributed by atoms with van der Waals surface area (Å²) in [6, 6.07) is 1.50. The Bertz CT molecular complexity index is 437. The van der Waals surface area contributed by atoms with Gasteiger partial charge in [0, 0.05) is 13.2 Å². The van der Waals surface area contributed by atoms with Crippen LogP contribution in [0, 0.1) is 0 Å². The second-order valence-corrected chi connectivity index (χ2v) is 3.91. The highest BCUT2D eigenvalue weighted by Gasteiger charge is 2.10. The Kier molecular flexibility index (Phi) is 3.31. The number of aryl methyl sites for hydroxylation is 1. The van der Waals surface area contributed by atoms with Crippen LogP contribution in [-0.4, -0.2) is 16.4 Å². The van der Waals surface area contributed by atoms with Gasteiger partial charge in [-0.3, -0.25) is 9.59 Å². The van der Waals surface area contributed by atoms with Gasteiger partial charge in [0.1, 0.15) is 5.69 Å². The molecular weight excluding hydrogens is 262 g/mol. The van der Waals surface area contributed by atoms with E-state index in [0.717, 1.165) is 0 Å². The predicted octanol–water partition coefficient (Wildman–Crippen LogP) is 0.971. The summed E-state index contributed by atoms with van der Waals surface area (Å²) in [6.45, 7) is 3.42. The molecule has 6 heteroatoms. The van der Waals surface area contributed by atoms with Gasteiger partial charge in [0.05, 0.1) is 10.2 Å². The Labute approximate surface area is 95.1 Å². The molecule has 0 fully saturated rings. The molecule has 0 radical (unpaired) electrons. The van der Waals surface area contributed by atoms with E-state index in [0.29, 0.717) is 11.4 Å². The first-order valence-corrected chi connectivity index (χ1v) is 4.83. The molecule has 3 N–H and O–H groups in total. The van der Waals surface area contributed by atoms with Gasteiger partial charge in [-0.25, -0.2) is 0 Å². The molecule has 1 heterocycles. The standard InChI is InChI=1S/C9H10BrN3O2/c1-5(10)9(15)12-6-3-7(8(11)14)13(2)4-6/h3-4H,1H2,2H3,(H2,11,14)(H,12,15). The first kappa shape index (κ1) is 11.5. The number of rotatable bonds is 3. The van der Waals surface area contributed by atoms with E-state index in [2.05, 4.69) is 27.8 Å². The van der Waals surface area contributed by atoms with Crippen LogP contribution in [0.2, 0.25) is 0 Å². The van der Waals surface area contributed by atoms with Crippen LogP contribution in [0.5, 0.6) is 0 Å². The van der Waals surface area contributed by atoms with Crippen LogP contribution in [0.25, 0.3) is 0 Å². The summed E-state index contributed by atoms with van der Waals surface area (Å²) < 4.78 is 1.75. The maximum atomic E-state index is 11.2. The number of aromatic nitrogens is 1. The van der Waals surface area contributed by atoms with Crippen LogP contribution in [0.3, 0.4) is 0 Å². The van der Waals surface area contributed by atoms with Gasteiger partial charge in [0.2, 0.25) is 0 Å². The zero-order valence-corrected chi connectivity index (χ0v) is 9.67. The van der Waals surface area contributed by atoms with Crippen molar-refractivity contribution in [2.75, 3.05) is 5.32 Å². The normalized spacial score (nSPS) is 9.73. The zero-order chi connectivity index (χ0) is 11.6. The fourth-order valence-corrected chi connectivity index (χ4v) is 1.18. The molecule has 0 aromatic carbocycles. The van der Waals surface area contributed by atoms with Gasteiger partial charge in [-0.2, -0.15) is 0 Å². The molecule has 0 saturated heterocycles. The molecule has 0 unspecified atom stereocenters. The molecule has 0 saturated carbocycles. The highest BCUT2D eigenvalue weighted by Crippen LogP contribution is 2.14. The van der Waals surface area contributed by atoms with Crippen LogP contribution in [0.4, 0.5) is 5.69 Å². The van der Waals surface area contributed by atoms with E-state index in [1.54, 1.807) is 13.2 Å². The highest BCUT2D eigenvalue weighted by atomic mass is 79.9. The van der Waals surface area contributed by atoms with Gasteiger partial charge in [-0.1, -0.05) is 6.58 Å². The molecule has 0 bridgehead atoms. The van der Waals surface area contributed by atoms with Crippen LogP contribution >= 0.6 is 15.9 Å². The number of nitrogens with zero attached hydrogens (tertiary/aromatic N) is 1. The van der Waals surface area contributed by atoms with E-state index in [1.807, 2.05) is 0 Å². The third-order valence-corrected chi connectivity index (χ3v) is 2.12. The van der Waals surface area contributed by atoms with Crippen LogP contribution in [0.15, 0.2) is 23.3 Å². The first-order valence-electron chi connectivity index (χ1n) is 4.03. The van der Waals surface area contributed by atoms with Crippen molar-refractivity contribution in [2.24, 2.45) is 12.8 Å². The molecule has 1 aromatic heterocycles. The summed E-state index contributed by atoms with van der Waals surface area (Å²) >= 11 is 2.95. The van der Waals surface area contributed by atoms with Crippen molar-refractivity contribution in [3.63, 3.8) is 0 Å². The van der Waals surface area contributed by atoms with Crippen molar-refractivity contribution in [2.45, 2.75) is 0 Å². The van der Waals surface area contributed by atoms with Crippen molar-refractivity contribution in [3.05, 3.63) is 29.0 Å². The number of amides is 2. The SMILES string of the molecule is C=C(Br)C(=O)Nc1cc(C(N)=O)n(C)c1. The zero-order valence-electron chi connectivity index (χ0n) is 8.08. The van der Waals surface area contributed by atoms with Crippen molar-refractivity contribution < 1.29 is 9.59 Å². The lowest BCUT2D eigenvalue weighted by molar-refractivity contribution is -0.112. The number of primary amides is 1. The number of hydrogen-bond donors (Lipinski definition) is 2. The Balaban J connectivity index is 2.89. The van der Waals surface area contributed by atoms with Crippen molar-refractivity contribution in [1.29, 1.82) is 0 Å². The number of nitrogens with two attached hydrogens (primary N) is 1. The third-order valence-electron chi connectivity index (χ3n) is 1.76. The second-order valence-electron chi connectivity index (χ2n) is 2.95. The summed E-state index contributed by atoms with van der Waals surface area (Å²) in [4.78, 5) is 22.1. The van der Waals surface area contributed by atoms with E-state index in [4.69, 9.17) is 5.73 Å². The molecule has 1 aromatic rings. The summed E-state index contributed by atoms with van der Waals surface area (Å²) in [5, 5.41) is 2.54. The molecule has 0 spiro atoms. The van der Waals surface area contributed by atoms with Gasteiger partial charge in [-0.15, -0.1) is 0 Å². The average molecular weight is 272 g/mol. The summed E-state index contributed by atoms with van der Waals surface area (Å²) in [5.41, 5.74) is 5.94. The third kappa shape index (κ3) is 2.69. The van der Waals surface area contributed by atoms with Gasteiger partial charge in [-0.05, 0) is 22.0 Å². The fourth-order valence-electron chi connectivity index (χ4n) is 1.08. The van der Waals surface area contributed by atoms with E-state index in [-0.39, 0.29) is 10.4 Å². The summed E-state index contributed by atoms with van der Waals surface area (Å²) in [7, 11) is 1.67. The van der Waals surface area contributed by atoms with Gasteiger partial charge in [0.15, 0.2) is 0 Å². The minimum atomic E-state index is -0.546. The Morgan fingerprint density at radius 1 is 1.60 bits per heavy atom. The lowest BCUT2D eigenvalue weighted by Crippen LogP contribution is -2.14. The molecule has 15 heavy (non-hydrogen) atoms. The molecule has 0 atom stereocenters. The van der Waals surface area contributed by atoms with Crippen LogP contribution in [-0.2, 0) is 11.8 Å². The Morgan fingerprint density at radius 2 is 2.20 bits per heavy atom. The highest BCUT2D eigenvalue weighted by molar-refractivity contribution is 9.12. The molecular formula is C9H10BrN3O2. The smallest absolute Gasteiger partial charge is 0.265 e. The Hall–Kier alpha value is -1.56. The summed E-state index contributed by atoms with van der Waals surface area (Å²) in [5.74, 6) is -0.910. The van der Waals surface area contributed by atoms with Crippen molar-refractivity contribution in [1.82, 2.24) is 4.57 Å². The molecule has 1 rings (SSSR count). The van der Waals surface area contributed by atoms with E-state index in [9.17, 15) is 9.59 Å². The molecule has 0 aliphatic carbocycles. The molecule has 2 amide bonds. The van der Waals surface area contributed by atoms with E-state index in [1.165, 1.54) is 10.6 Å². The number of nitrogens with one attached hydrogen (secondary N) is 1. The van der Waals surface area contributed by atoms with Crippen LogP contribution in [0.1, 0.15) is 10.5 Å². The fraction of sp³-hybridized carbons (Fsp3) is 0.111. The predicted molar refractivity (Wildman–Crippen MR) is 60.6 cm³/mol. The number of hydrogen-bond acceptors (Lipinski definition) is 2. The molecule has 80 valence electrons. The lowest BCUT2D eigenvalue weighted by Gasteiger charge is -1.98. The number of anilines is 1. The number of halogens is 1. The Morgan fingerprint density at radius 3 is 2.60 bits per heavy atom. The quantitative estimate of drug-likeness (QED) is 0.804. The minimum Gasteiger partial charge on any atom is -0.364 e. The van der Waals surface area contributed by atoms with Crippen LogP contribution < -0.4 is 11.1 Å². The summed E-state index contributed by atoms with van der Waals surface area (Å²) in [6.07, 6.45) is 1.59. The van der Waals surface area contributed by atoms with Crippen molar-refractivity contribution in [3.8, 4) is 0 Å². The average Bonchev–Trinajstić information content (AvgIpc) is 2.46. The maximum absolute atomic E-state index is 11.2. The van der Waals surface area contributed by atoms with Gasteiger partial charge >= 0.3 is 0 Å². The largest absolute Gasteiger partial charge is 0.364 e. The second kappa shape index (κ2) is 4.31. The maximum Gasteiger partial charge on any atom is 0.265 e. The molecule has 0 aliphatic heterocycles. The number of carbonyl (C=O) groups is 2. The minimum absolute atomic E-state index is 0.215. The molecule has 0 aliphatic rings. The first-order chi connectivity index (χ1) is 6.91. The molecule has 5 nitrogen and oxygen atoms in total. The lowest BCUT2D eigenvalue weighted by atomic mass is 10.4. The monoisotopic (exact) mass is 271 g/mol. The van der Waals surface area contributed by atoms with E-state index < -0.39 is 5.91 Å². The topological polar surface area (TPSA) is 77.1 Å². The van der Waals surface area contributed by atoms with Crippen molar-refractivity contribution >= 4 is 33.4 Å². The van der Waals surface area contributed by atoms with Gasteiger partial charge < -0.3 is 15.6 Å². The van der Waals surface area contributed by atoms with Gasteiger partial charge in [0.25, 0.3) is 11.8 Å².